The SMILES string of the molecule is N#CCN(C(=O)c1ccc(Br)cc1Cl)C1CCCC1. The summed E-state index contributed by atoms with van der Waals surface area (Å²) in [6.07, 6.45) is 4.19. The molecule has 19 heavy (non-hydrogen) atoms. The van der Waals surface area contributed by atoms with Crippen molar-refractivity contribution >= 4 is 33.4 Å². The highest BCUT2D eigenvalue weighted by Gasteiger charge is 2.28. The van der Waals surface area contributed by atoms with Gasteiger partial charge in [-0.3, -0.25) is 4.79 Å². The highest BCUT2D eigenvalue weighted by Crippen LogP contribution is 2.27. The molecule has 1 saturated carbocycles. The van der Waals surface area contributed by atoms with Crippen LogP contribution in [-0.4, -0.2) is 23.4 Å². The summed E-state index contributed by atoms with van der Waals surface area (Å²) in [5.41, 5.74) is 0.465. The molecule has 0 saturated heterocycles. The van der Waals surface area contributed by atoms with Crippen LogP contribution < -0.4 is 0 Å². The molecule has 2 rings (SSSR count). The third kappa shape index (κ3) is 3.29. The van der Waals surface area contributed by atoms with Crippen molar-refractivity contribution in [2.45, 2.75) is 31.7 Å². The average molecular weight is 342 g/mol. The number of hydrogen-bond acceptors (Lipinski definition) is 2. The van der Waals surface area contributed by atoms with Crippen LogP contribution >= 0.6 is 27.5 Å². The lowest BCUT2D eigenvalue weighted by Gasteiger charge is -2.26. The van der Waals surface area contributed by atoms with Gasteiger partial charge >= 0.3 is 0 Å². The van der Waals surface area contributed by atoms with Crippen molar-refractivity contribution < 1.29 is 4.79 Å². The van der Waals surface area contributed by atoms with Crippen molar-refractivity contribution in [2.24, 2.45) is 0 Å². The van der Waals surface area contributed by atoms with Crippen LogP contribution in [0.4, 0.5) is 0 Å². The number of amides is 1. The Hall–Kier alpha value is -1.05. The van der Waals surface area contributed by atoms with E-state index in [2.05, 4.69) is 22.0 Å². The van der Waals surface area contributed by atoms with Crippen LogP contribution in [-0.2, 0) is 0 Å². The maximum Gasteiger partial charge on any atom is 0.256 e. The number of carbonyl (C=O) groups excluding carboxylic acids is 1. The Balaban J connectivity index is 2.25. The molecular weight excluding hydrogens is 328 g/mol. The lowest BCUT2D eigenvalue weighted by atomic mass is 10.1. The number of benzene rings is 1. The van der Waals surface area contributed by atoms with Crippen LogP contribution in [0.2, 0.25) is 5.02 Å². The molecule has 1 amide bonds. The molecular formula is C14H14BrClN2O. The molecule has 1 aromatic carbocycles. The van der Waals surface area contributed by atoms with Gasteiger partial charge in [0, 0.05) is 10.5 Å². The predicted octanol–water partition coefficient (Wildman–Crippen LogP) is 4.01. The van der Waals surface area contributed by atoms with Crippen LogP contribution in [0.25, 0.3) is 0 Å². The smallest absolute Gasteiger partial charge is 0.256 e. The average Bonchev–Trinajstić information content (AvgIpc) is 2.89. The van der Waals surface area contributed by atoms with Crippen molar-refractivity contribution in [3.05, 3.63) is 33.3 Å². The summed E-state index contributed by atoms with van der Waals surface area (Å²) in [5.74, 6) is -0.147. The molecule has 0 unspecified atom stereocenters. The Morgan fingerprint density at radius 1 is 1.47 bits per heavy atom. The van der Waals surface area contributed by atoms with Gasteiger partial charge < -0.3 is 4.90 Å². The van der Waals surface area contributed by atoms with E-state index in [4.69, 9.17) is 16.9 Å². The molecule has 0 N–H and O–H groups in total. The van der Waals surface area contributed by atoms with Crippen molar-refractivity contribution in [3.63, 3.8) is 0 Å². The fraction of sp³-hybridized carbons (Fsp3) is 0.429. The van der Waals surface area contributed by atoms with Crippen molar-refractivity contribution in [3.8, 4) is 6.07 Å². The number of rotatable bonds is 3. The first-order chi connectivity index (χ1) is 9.13. The minimum atomic E-state index is -0.147. The number of nitrogens with zero attached hydrogens (tertiary/aromatic N) is 2. The zero-order valence-electron chi connectivity index (χ0n) is 10.4. The molecule has 3 nitrogen and oxygen atoms in total. The van der Waals surface area contributed by atoms with E-state index in [1.807, 2.05) is 0 Å². The molecule has 1 aromatic rings. The number of hydrogen-bond donors (Lipinski definition) is 0. The minimum absolute atomic E-state index is 0.121. The van der Waals surface area contributed by atoms with Gasteiger partial charge in [-0.1, -0.05) is 40.4 Å². The van der Waals surface area contributed by atoms with E-state index in [-0.39, 0.29) is 18.5 Å². The van der Waals surface area contributed by atoms with Gasteiger partial charge in [-0.25, -0.2) is 0 Å². The molecule has 0 bridgehead atoms. The molecule has 100 valence electrons. The monoisotopic (exact) mass is 340 g/mol. The van der Waals surface area contributed by atoms with Crippen LogP contribution in [0, 0.1) is 11.3 Å². The number of carbonyl (C=O) groups is 1. The maximum absolute atomic E-state index is 12.5. The van der Waals surface area contributed by atoms with E-state index >= 15 is 0 Å². The highest BCUT2D eigenvalue weighted by molar-refractivity contribution is 9.10. The van der Waals surface area contributed by atoms with Crippen LogP contribution in [0.5, 0.6) is 0 Å². The number of nitriles is 1. The van der Waals surface area contributed by atoms with Crippen LogP contribution in [0.3, 0.4) is 0 Å². The molecule has 1 aliphatic rings. The second-order valence-corrected chi connectivity index (χ2v) is 5.98. The van der Waals surface area contributed by atoms with Crippen molar-refractivity contribution in [2.75, 3.05) is 6.54 Å². The third-order valence-corrected chi connectivity index (χ3v) is 4.23. The fourth-order valence-electron chi connectivity index (χ4n) is 2.48. The van der Waals surface area contributed by atoms with Gasteiger partial charge in [0.2, 0.25) is 0 Å². The molecule has 0 aromatic heterocycles. The molecule has 0 heterocycles. The summed E-state index contributed by atoms with van der Waals surface area (Å²) in [6, 6.07) is 7.45. The van der Waals surface area contributed by atoms with Gasteiger partial charge in [-0.15, -0.1) is 0 Å². The lowest BCUT2D eigenvalue weighted by Crippen LogP contribution is -2.39. The first kappa shape index (κ1) is 14.4. The topological polar surface area (TPSA) is 44.1 Å². The van der Waals surface area contributed by atoms with E-state index in [9.17, 15) is 4.79 Å². The first-order valence-electron chi connectivity index (χ1n) is 6.26. The van der Waals surface area contributed by atoms with E-state index in [0.29, 0.717) is 10.6 Å². The van der Waals surface area contributed by atoms with Gasteiger partial charge in [0.15, 0.2) is 0 Å². The molecule has 5 heteroatoms. The van der Waals surface area contributed by atoms with E-state index in [1.165, 1.54) is 0 Å². The Bertz CT molecular complexity index is 521. The lowest BCUT2D eigenvalue weighted by molar-refractivity contribution is 0.0709. The molecule has 0 atom stereocenters. The summed E-state index contributed by atoms with van der Waals surface area (Å²) in [6.45, 7) is 0.121. The van der Waals surface area contributed by atoms with Crippen molar-refractivity contribution in [1.82, 2.24) is 4.90 Å². The van der Waals surface area contributed by atoms with Gasteiger partial charge in [-0.05, 0) is 31.0 Å². The summed E-state index contributed by atoms with van der Waals surface area (Å²) < 4.78 is 0.835. The van der Waals surface area contributed by atoms with Gasteiger partial charge in [0.05, 0.1) is 16.7 Å². The van der Waals surface area contributed by atoms with E-state index in [1.54, 1.807) is 23.1 Å². The minimum Gasteiger partial charge on any atom is -0.322 e. The van der Waals surface area contributed by atoms with Crippen LogP contribution in [0.1, 0.15) is 36.0 Å². The molecule has 0 radical (unpaired) electrons. The molecule has 1 aliphatic carbocycles. The maximum atomic E-state index is 12.5. The van der Waals surface area contributed by atoms with Gasteiger partial charge in [-0.2, -0.15) is 5.26 Å². The fourth-order valence-corrected chi connectivity index (χ4v) is 3.23. The van der Waals surface area contributed by atoms with E-state index < -0.39 is 0 Å². The van der Waals surface area contributed by atoms with Crippen LogP contribution in [0.15, 0.2) is 22.7 Å². The standard InChI is InChI=1S/C14H14BrClN2O/c15-10-5-6-12(13(16)9-10)14(19)18(8-7-17)11-3-1-2-4-11/h5-6,9,11H,1-4,8H2. The second kappa shape index (κ2) is 6.40. The Labute approximate surface area is 126 Å². The summed E-state index contributed by atoms with van der Waals surface area (Å²) in [4.78, 5) is 14.2. The van der Waals surface area contributed by atoms with E-state index in [0.717, 1.165) is 30.2 Å². The Kier molecular flexibility index (Phi) is 4.84. The normalized spacial score (nSPS) is 15.2. The van der Waals surface area contributed by atoms with Crippen molar-refractivity contribution in [1.29, 1.82) is 5.26 Å². The Morgan fingerprint density at radius 2 is 2.16 bits per heavy atom. The molecule has 0 spiro atoms. The second-order valence-electron chi connectivity index (χ2n) is 4.65. The largest absolute Gasteiger partial charge is 0.322 e. The molecule has 1 fully saturated rings. The summed E-state index contributed by atoms with van der Waals surface area (Å²) >= 11 is 9.43. The van der Waals surface area contributed by atoms with Gasteiger partial charge in [0.25, 0.3) is 5.91 Å². The Morgan fingerprint density at radius 3 is 2.74 bits per heavy atom. The third-order valence-electron chi connectivity index (χ3n) is 3.43. The zero-order chi connectivity index (χ0) is 13.8. The molecule has 0 aliphatic heterocycles. The highest BCUT2D eigenvalue weighted by atomic mass is 79.9. The predicted molar refractivity (Wildman–Crippen MR) is 78.1 cm³/mol. The quantitative estimate of drug-likeness (QED) is 0.780. The zero-order valence-corrected chi connectivity index (χ0v) is 12.7. The summed E-state index contributed by atoms with van der Waals surface area (Å²) in [7, 11) is 0. The number of halogens is 2. The van der Waals surface area contributed by atoms with Gasteiger partial charge in [0.1, 0.15) is 6.54 Å². The summed E-state index contributed by atoms with van der Waals surface area (Å²) in [5, 5.41) is 9.34. The first-order valence-corrected chi connectivity index (χ1v) is 7.43.